The summed E-state index contributed by atoms with van der Waals surface area (Å²) in [5.41, 5.74) is 0.516. The quantitative estimate of drug-likeness (QED) is 0.876. The van der Waals surface area contributed by atoms with E-state index in [-0.39, 0.29) is 5.91 Å². The van der Waals surface area contributed by atoms with Crippen LogP contribution >= 0.6 is 0 Å². The molecule has 2 heterocycles. The summed E-state index contributed by atoms with van der Waals surface area (Å²) in [6.45, 7) is 2.25. The average molecular weight is 245 g/mol. The summed E-state index contributed by atoms with van der Waals surface area (Å²) in [4.78, 5) is 18.6. The van der Waals surface area contributed by atoms with E-state index in [0.717, 1.165) is 32.0 Å². The Morgan fingerprint density at radius 3 is 2.61 bits per heavy atom. The predicted molar refractivity (Wildman–Crippen MR) is 69.3 cm³/mol. The number of amides is 1. The normalized spacial score (nSPS) is 21.8. The Labute approximate surface area is 107 Å². The van der Waals surface area contributed by atoms with E-state index < -0.39 is 0 Å². The predicted octanol–water partition coefficient (Wildman–Crippen LogP) is 1.44. The minimum Gasteiger partial charge on any atom is -0.348 e. The van der Waals surface area contributed by atoms with Crippen LogP contribution in [0, 0.1) is 0 Å². The topological polar surface area (TPSA) is 45.2 Å². The molecule has 1 aromatic heterocycles. The van der Waals surface area contributed by atoms with E-state index in [2.05, 4.69) is 15.2 Å². The molecule has 18 heavy (non-hydrogen) atoms. The highest BCUT2D eigenvalue weighted by molar-refractivity contribution is 5.92. The van der Waals surface area contributed by atoms with Gasteiger partial charge in [0.2, 0.25) is 0 Å². The number of carbonyl (C=O) groups is 1. The summed E-state index contributed by atoms with van der Waals surface area (Å²) in [6.07, 6.45) is 6.52. The van der Waals surface area contributed by atoms with E-state index in [1.807, 2.05) is 12.1 Å². The van der Waals surface area contributed by atoms with Crippen LogP contribution in [0.2, 0.25) is 0 Å². The summed E-state index contributed by atoms with van der Waals surface area (Å²) in [5, 5.41) is 3.09. The largest absolute Gasteiger partial charge is 0.348 e. The van der Waals surface area contributed by atoms with Gasteiger partial charge in [-0.3, -0.25) is 9.78 Å². The van der Waals surface area contributed by atoms with Gasteiger partial charge in [0, 0.05) is 31.4 Å². The Bertz CT molecular complexity index is 408. The van der Waals surface area contributed by atoms with Gasteiger partial charge in [-0.2, -0.15) is 0 Å². The molecule has 1 aromatic rings. The van der Waals surface area contributed by atoms with Gasteiger partial charge in [0.15, 0.2) is 0 Å². The third-order valence-electron chi connectivity index (χ3n) is 3.83. The molecule has 0 aromatic carbocycles. The second-order valence-corrected chi connectivity index (χ2v) is 5.23. The minimum absolute atomic E-state index is 0.0412. The second kappa shape index (κ2) is 5.06. The van der Waals surface area contributed by atoms with E-state index >= 15 is 0 Å². The number of carbonyl (C=O) groups excluding carboxylic acids is 1. The standard InChI is InChI=1S/C14H19N3O/c18-14(13-3-1-2-8-15-13)16-11-6-9-17(10-7-11)12-4-5-12/h1-3,8,11-12H,4-7,9-10H2,(H,16,18). The lowest BCUT2D eigenvalue weighted by molar-refractivity contribution is 0.0904. The summed E-state index contributed by atoms with van der Waals surface area (Å²) in [5.74, 6) is -0.0412. The number of rotatable bonds is 3. The SMILES string of the molecule is O=C(NC1CCN(C2CC2)CC1)c1ccccn1. The Morgan fingerprint density at radius 1 is 1.22 bits per heavy atom. The van der Waals surface area contributed by atoms with E-state index in [1.54, 1.807) is 12.3 Å². The van der Waals surface area contributed by atoms with E-state index in [0.29, 0.717) is 11.7 Å². The van der Waals surface area contributed by atoms with Crippen LogP contribution in [0.15, 0.2) is 24.4 Å². The number of hydrogen-bond donors (Lipinski definition) is 1. The van der Waals surface area contributed by atoms with Crippen molar-refractivity contribution >= 4 is 5.91 Å². The molecule has 3 rings (SSSR count). The molecule has 1 amide bonds. The molecule has 1 aliphatic carbocycles. The monoisotopic (exact) mass is 245 g/mol. The van der Waals surface area contributed by atoms with Crippen LogP contribution < -0.4 is 5.32 Å². The van der Waals surface area contributed by atoms with Crippen molar-refractivity contribution in [3.05, 3.63) is 30.1 Å². The van der Waals surface area contributed by atoms with Gasteiger partial charge in [-0.05, 0) is 37.8 Å². The fourth-order valence-electron chi connectivity index (χ4n) is 2.61. The van der Waals surface area contributed by atoms with Crippen LogP contribution in [-0.2, 0) is 0 Å². The lowest BCUT2D eigenvalue weighted by Gasteiger charge is -2.32. The first-order chi connectivity index (χ1) is 8.83. The maximum Gasteiger partial charge on any atom is 0.270 e. The van der Waals surface area contributed by atoms with Crippen LogP contribution in [-0.4, -0.2) is 41.0 Å². The van der Waals surface area contributed by atoms with Crippen LogP contribution in [0.4, 0.5) is 0 Å². The van der Waals surface area contributed by atoms with Crippen molar-refractivity contribution in [1.82, 2.24) is 15.2 Å². The zero-order valence-electron chi connectivity index (χ0n) is 10.5. The second-order valence-electron chi connectivity index (χ2n) is 5.23. The smallest absolute Gasteiger partial charge is 0.270 e. The van der Waals surface area contributed by atoms with Crippen LogP contribution in [0.3, 0.4) is 0 Å². The number of nitrogens with zero attached hydrogens (tertiary/aromatic N) is 2. The fourth-order valence-corrected chi connectivity index (χ4v) is 2.61. The maximum absolute atomic E-state index is 12.0. The third-order valence-corrected chi connectivity index (χ3v) is 3.83. The first kappa shape index (κ1) is 11.7. The van der Waals surface area contributed by atoms with E-state index in [9.17, 15) is 4.79 Å². The molecule has 4 nitrogen and oxygen atoms in total. The molecule has 0 spiro atoms. The van der Waals surface area contributed by atoms with E-state index in [4.69, 9.17) is 0 Å². The summed E-state index contributed by atoms with van der Waals surface area (Å²) in [7, 11) is 0. The molecule has 0 bridgehead atoms. The van der Waals surface area contributed by atoms with Crippen LogP contribution in [0.25, 0.3) is 0 Å². The number of pyridine rings is 1. The molecule has 0 unspecified atom stereocenters. The molecular formula is C14H19N3O. The molecule has 2 fully saturated rings. The Hall–Kier alpha value is -1.42. The molecule has 4 heteroatoms. The summed E-state index contributed by atoms with van der Waals surface area (Å²) >= 11 is 0. The van der Waals surface area contributed by atoms with Gasteiger partial charge in [0.05, 0.1) is 0 Å². The minimum atomic E-state index is -0.0412. The molecule has 1 N–H and O–H groups in total. The highest BCUT2D eigenvalue weighted by Gasteiger charge is 2.32. The highest BCUT2D eigenvalue weighted by Crippen LogP contribution is 2.29. The van der Waals surface area contributed by atoms with Crippen molar-refractivity contribution in [3.63, 3.8) is 0 Å². The van der Waals surface area contributed by atoms with Gasteiger partial charge in [-0.25, -0.2) is 0 Å². The van der Waals surface area contributed by atoms with Crippen molar-refractivity contribution in [2.24, 2.45) is 0 Å². The molecule has 1 aliphatic heterocycles. The summed E-state index contributed by atoms with van der Waals surface area (Å²) in [6, 6.07) is 6.59. The molecule has 2 aliphatic rings. The van der Waals surface area contributed by atoms with Gasteiger partial charge in [-0.1, -0.05) is 6.07 Å². The van der Waals surface area contributed by atoms with Gasteiger partial charge in [0.1, 0.15) is 5.69 Å². The third kappa shape index (κ3) is 2.70. The molecule has 1 saturated carbocycles. The van der Waals surface area contributed by atoms with Crippen LogP contribution in [0.1, 0.15) is 36.2 Å². The molecular weight excluding hydrogens is 226 g/mol. The number of aromatic nitrogens is 1. The number of likely N-dealkylation sites (tertiary alicyclic amines) is 1. The maximum atomic E-state index is 12.0. The fraction of sp³-hybridized carbons (Fsp3) is 0.571. The van der Waals surface area contributed by atoms with Crippen molar-refractivity contribution in [3.8, 4) is 0 Å². The molecule has 0 atom stereocenters. The molecule has 0 radical (unpaired) electrons. The number of piperidine rings is 1. The van der Waals surface area contributed by atoms with Crippen molar-refractivity contribution < 1.29 is 4.79 Å². The lowest BCUT2D eigenvalue weighted by Crippen LogP contribution is -2.45. The van der Waals surface area contributed by atoms with Crippen LogP contribution in [0.5, 0.6) is 0 Å². The molecule has 1 saturated heterocycles. The Kier molecular flexibility index (Phi) is 3.28. The number of hydrogen-bond acceptors (Lipinski definition) is 3. The van der Waals surface area contributed by atoms with Gasteiger partial charge < -0.3 is 10.2 Å². The first-order valence-electron chi connectivity index (χ1n) is 6.79. The number of nitrogens with one attached hydrogen (secondary N) is 1. The van der Waals surface area contributed by atoms with E-state index in [1.165, 1.54) is 12.8 Å². The van der Waals surface area contributed by atoms with Gasteiger partial charge in [-0.15, -0.1) is 0 Å². The lowest BCUT2D eigenvalue weighted by atomic mass is 10.0. The van der Waals surface area contributed by atoms with Gasteiger partial charge in [0.25, 0.3) is 5.91 Å². The zero-order valence-corrected chi connectivity index (χ0v) is 10.5. The Balaban J connectivity index is 1.50. The first-order valence-corrected chi connectivity index (χ1v) is 6.79. The highest BCUT2D eigenvalue weighted by atomic mass is 16.1. The molecule has 96 valence electrons. The average Bonchev–Trinajstić information content (AvgIpc) is 3.25. The van der Waals surface area contributed by atoms with Crippen molar-refractivity contribution in [2.45, 2.75) is 37.8 Å². The zero-order chi connectivity index (χ0) is 12.4. The van der Waals surface area contributed by atoms with Gasteiger partial charge >= 0.3 is 0 Å². The Morgan fingerprint density at radius 2 is 2.00 bits per heavy atom. The van der Waals surface area contributed by atoms with Crippen molar-refractivity contribution in [2.75, 3.05) is 13.1 Å². The summed E-state index contributed by atoms with van der Waals surface area (Å²) < 4.78 is 0. The van der Waals surface area contributed by atoms with Crippen molar-refractivity contribution in [1.29, 1.82) is 0 Å².